The van der Waals surface area contributed by atoms with Gasteiger partial charge in [0.1, 0.15) is 0 Å². The lowest BCUT2D eigenvalue weighted by molar-refractivity contribution is 0.0984. The molecule has 3 aromatic carbocycles. The molecule has 0 atom stereocenters. The van der Waals surface area contributed by atoms with Gasteiger partial charge in [0.2, 0.25) is 0 Å². The Balaban J connectivity index is 1.80. The highest BCUT2D eigenvalue weighted by Crippen LogP contribution is 2.33. The van der Waals surface area contributed by atoms with Crippen molar-refractivity contribution in [3.05, 3.63) is 94.6 Å². The first-order valence-electron chi connectivity index (χ1n) is 9.11. The van der Waals surface area contributed by atoms with E-state index in [1.165, 1.54) is 22.3 Å². The standard InChI is InChI=1S/C23H18F2N2OS/c1-14-8-11-20-21(15(14)2)26-23(29-20)27(13-16-6-4-3-5-7-16)22(28)17-9-10-18(24)19(25)12-17/h3-12H,13H2,1-2H3. The Labute approximate surface area is 171 Å². The third kappa shape index (κ3) is 3.76. The fourth-order valence-electron chi connectivity index (χ4n) is 3.11. The van der Waals surface area contributed by atoms with Crippen molar-refractivity contribution in [2.75, 3.05) is 4.90 Å². The van der Waals surface area contributed by atoms with Gasteiger partial charge in [0.15, 0.2) is 16.8 Å². The lowest BCUT2D eigenvalue weighted by Crippen LogP contribution is -2.30. The number of rotatable bonds is 4. The molecule has 0 unspecified atom stereocenters. The number of hydrogen-bond donors (Lipinski definition) is 0. The first-order chi connectivity index (χ1) is 13.9. The van der Waals surface area contributed by atoms with Crippen LogP contribution in [0.2, 0.25) is 0 Å². The molecule has 0 spiro atoms. The largest absolute Gasteiger partial charge is 0.279 e. The second kappa shape index (κ2) is 7.72. The molecule has 0 aliphatic rings. The maximum atomic E-state index is 13.7. The minimum atomic E-state index is -1.05. The Morgan fingerprint density at radius 2 is 1.76 bits per heavy atom. The average molecular weight is 408 g/mol. The van der Waals surface area contributed by atoms with Crippen molar-refractivity contribution < 1.29 is 13.6 Å². The molecule has 1 heterocycles. The van der Waals surface area contributed by atoms with E-state index in [4.69, 9.17) is 4.98 Å². The van der Waals surface area contributed by atoms with Crippen molar-refractivity contribution in [1.29, 1.82) is 0 Å². The summed E-state index contributed by atoms with van der Waals surface area (Å²) in [4.78, 5) is 19.5. The van der Waals surface area contributed by atoms with Crippen molar-refractivity contribution >= 4 is 32.6 Å². The third-order valence-electron chi connectivity index (χ3n) is 4.90. The lowest BCUT2D eigenvalue weighted by Gasteiger charge is -2.20. The van der Waals surface area contributed by atoms with Gasteiger partial charge < -0.3 is 0 Å². The van der Waals surface area contributed by atoms with Gasteiger partial charge in [-0.3, -0.25) is 9.69 Å². The molecule has 0 N–H and O–H groups in total. The number of hydrogen-bond acceptors (Lipinski definition) is 3. The molecule has 29 heavy (non-hydrogen) atoms. The van der Waals surface area contributed by atoms with Crippen LogP contribution in [0, 0.1) is 25.5 Å². The number of aryl methyl sites for hydroxylation is 2. The van der Waals surface area contributed by atoms with Crippen LogP contribution in [0.3, 0.4) is 0 Å². The minimum absolute atomic E-state index is 0.0759. The highest BCUT2D eigenvalue weighted by Gasteiger charge is 2.23. The van der Waals surface area contributed by atoms with Gasteiger partial charge >= 0.3 is 0 Å². The summed E-state index contributed by atoms with van der Waals surface area (Å²) in [6, 6.07) is 16.7. The van der Waals surface area contributed by atoms with Gasteiger partial charge in [0.25, 0.3) is 5.91 Å². The van der Waals surface area contributed by atoms with Crippen LogP contribution < -0.4 is 4.90 Å². The van der Waals surface area contributed by atoms with Crippen LogP contribution in [0.25, 0.3) is 10.2 Å². The van der Waals surface area contributed by atoms with Crippen molar-refractivity contribution in [3.63, 3.8) is 0 Å². The second-order valence-corrected chi connectivity index (χ2v) is 7.87. The summed E-state index contributed by atoms with van der Waals surface area (Å²) < 4.78 is 28.1. The molecule has 0 fully saturated rings. The number of fused-ring (bicyclic) bond motifs is 1. The molecule has 3 nitrogen and oxygen atoms in total. The predicted octanol–water partition coefficient (Wildman–Crippen LogP) is 6.04. The van der Waals surface area contributed by atoms with Crippen molar-refractivity contribution in [3.8, 4) is 0 Å². The molecule has 0 bridgehead atoms. The molecule has 0 saturated heterocycles. The van der Waals surface area contributed by atoms with Crippen LogP contribution in [0.1, 0.15) is 27.0 Å². The lowest BCUT2D eigenvalue weighted by atomic mass is 10.1. The number of benzene rings is 3. The zero-order chi connectivity index (χ0) is 20.5. The normalized spacial score (nSPS) is 11.0. The van der Waals surface area contributed by atoms with Gasteiger partial charge in [-0.2, -0.15) is 0 Å². The molecule has 0 aliphatic heterocycles. The summed E-state index contributed by atoms with van der Waals surface area (Å²) in [5, 5.41) is 0.521. The van der Waals surface area contributed by atoms with E-state index in [9.17, 15) is 13.6 Å². The molecule has 0 saturated carbocycles. The van der Waals surface area contributed by atoms with E-state index in [-0.39, 0.29) is 12.1 Å². The highest BCUT2D eigenvalue weighted by atomic mass is 32.1. The van der Waals surface area contributed by atoms with Crippen LogP contribution in [0.4, 0.5) is 13.9 Å². The quantitative estimate of drug-likeness (QED) is 0.413. The van der Waals surface area contributed by atoms with Crippen LogP contribution >= 0.6 is 11.3 Å². The molecular weight excluding hydrogens is 390 g/mol. The van der Waals surface area contributed by atoms with E-state index >= 15 is 0 Å². The molecule has 1 aromatic heterocycles. The van der Waals surface area contributed by atoms with Gasteiger partial charge in [0, 0.05) is 5.56 Å². The number of carbonyl (C=O) groups excluding carboxylic acids is 1. The number of nitrogens with zero attached hydrogens (tertiary/aromatic N) is 2. The second-order valence-electron chi connectivity index (χ2n) is 6.86. The van der Waals surface area contributed by atoms with Crippen LogP contribution in [0.5, 0.6) is 0 Å². The fraction of sp³-hybridized carbons (Fsp3) is 0.130. The molecule has 0 radical (unpaired) electrons. The molecule has 146 valence electrons. The van der Waals surface area contributed by atoms with Gasteiger partial charge in [-0.15, -0.1) is 0 Å². The molecule has 4 rings (SSSR count). The zero-order valence-corrected chi connectivity index (χ0v) is 16.8. The van der Waals surface area contributed by atoms with Crippen molar-refractivity contribution in [2.24, 2.45) is 0 Å². The van der Waals surface area contributed by atoms with Crippen molar-refractivity contribution in [1.82, 2.24) is 4.98 Å². The predicted molar refractivity (Wildman–Crippen MR) is 112 cm³/mol. The number of aromatic nitrogens is 1. The smallest absolute Gasteiger partial charge is 0.260 e. The van der Waals surface area contributed by atoms with E-state index in [1.54, 1.807) is 0 Å². The van der Waals surface area contributed by atoms with E-state index in [2.05, 4.69) is 0 Å². The minimum Gasteiger partial charge on any atom is -0.279 e. The molecule has 6 heteroatoms. The third-order valence-corrected chi connectivity index (χ3v) is 5.94. The summed E-state index contributed by atoms with van der Waals surface area (Å²) in [7, 11) is 0. The first kappa shape index (κ1) is 19.2. The maximum absolute atomic E-state index is 13.7. The van der Waals surface area contributed by atoms with E-state index < -0.39 is 17.5 Å². The fourth-order valence-corrected chi connectivity index (χ4v) is 4.13. The Bertz CT molecular complexity index is 1200. The summed E-state index contributed by atoms with van der Waals surface area (Å²) in [5.41, 5.74) is 4.02. The first-order valence-corrected chi connectivity index (χ1v) is 9.93. The topological polar surface area (TPSA) is 33.2 Å². The summed E-state index contributed by atoms with van der Waals surface area (Å²) in [5.74, 6) is -2.46. The number of anilines is 1. The summed E-state index contributed by atoms with van der Waals surface area (Å²) in [6.45, 7) is 4.29. The van der Waals surface area contributed by atoms with E-state index in [0.29, 0.717) is 5.13 Å². The monoisotopic (exact) mass is 408 g/mol. The molecule has 0 aliphatic carbocycles. The maximum Gasteiger partial charge on any atom is 0.260 e. The van der Waals surface area contributed by atoms with Gasteiger partial charge in [-0.05, 0) is 54.8 Å². The highest BCUT2D eigenvalue weighted by molar-refractivity contribution is 7.22. The van der Waals surface area contributed by atoms with Gasteiger partial charge in [-0.1, -0.05) is 47.7 Å². The molecule has 1 amide bonds. The summed E-state index contributed by atoms with van der Waals surface area (Å²) in [6.07, 6.45) is 0. The van der Waals surface area contributed by atoms with Crippen LogP contribution in [-0.2, 0) is 6.54 Å². The zero-order valence-electron chi connectivity index (χ0n) is 15.9. The molecular formula is C23H18F2N2OS. The van der Waals surface area contributed by atoms with Crippen molar-refractivity contribution in [2.45, 2.75) is 20.4 Å². The Morgan fingerprint density at radius 3 is 2.48 bits per heavy atom. The van der Waals surface area contributed by atoms with E-state index in [1.807, 2.05) is 56.3 Å². The van der Waals surface area contributed by atoms with E-state index in [0.717, 1.165) is 39.0 Å². The average Bonchev–Trinajstić information content (AvgIpc) is 3.16. The Morgan fingerprint density at radius 1 is 1.00 bits per heavy atom. The van der Waals surface area contributed by atoms with Crippen LogP contribution in [-0.4, -0.2) is 10.9 Å². The number of thiazole rings is 1. The van der Waals surface area contributed by atoms with Gasteiger partial charge in [-0.25, -0.2) is 13.8 Å². The number of carbonyl (C=O) groups is 1. The summed E-state index contributed by atoms with van der Waals surface area (Å²) >= 11 is 1.40. The number of amides is 1. The molecule has 4 aromatic rings. The van der Waals surface area contributed by atoms with Crippen LogP contribution in [0.15, 0.2) is 60.7 Å². The van der Waals surface area contributed by atoms with Gasteiger partial charge in [0.05, 0.1) is 16.8 Å². The Kier molecular flexibility index (Phi) is 5.11. The number of halogens is 2. The Hall–Kier alpha value is -3.12. The SMILES string of the molecule is Cc1ccc2sc(N(Cc3ccccc3)C(=O)c3ccc(F)c(F)c3)nc2c1C.